The molecule has 4 nitrogen and oxygen atoms in total. The summed E-state index contributed by atoms with van der Waals surface area (Å²) in [6.07, 6.45) is 3.15. The van der Waals surface area contributed by atoms with E-state index in [2.05, 4.69) is 30.8 Å². The fourth-order valence-corrected chi connectivity index (χ4v) is 3.35. The minimum atomic E-state index is -0.862. The lowest BCUT2D eigenvalue weighted by Crippen LogP contribution is -2.38. The predicted molar refractivity (Wildman–Crippen MR) is 94.5 cm³/mol. The summed E-state index contributed by atoms with van der Waals surface area (Å²) in [5, 5.41) is 0. The first-order chi connectivity index (χ1) is 12.1. The Morgan fingerprint density at radius 3 is 2.84 bits per heavy atom. The monoisotopic (exact) mass is 405 g/mol. The van der Waals surface area contributed by atoms with Crippen LogP contribution in [0.4, 0.5) is 14.5 Å². The maximum Gasteiger partial charge on any atom is 0.159 e. The number of rotatable bonds is 2. The van der Waals surface area contributed by atoms with Crippen LogP contribution >= 0.6 is 15.9 Å². The van der Waals surface area contributed by atoms with E-state index in [0.29, 0.717) is 25.3 Å². The van der Waals surface area contributed by atoms with Crippen molar-refractivity contribution in [3.8, 4) is 0 Å². The van der Waals surface area contributed by atoms with Crippen LogP contribution < -0.4 is 4.90 Å². The van der Waals surface area contributed by atoms with Crippen LogP contribution in [0.2, 0.25) is 0 Å². The molecule has 0 amide bonds. The SMILES string of the molecule is Fc1ccc(C2CN(c3ccnc4cc(Br)cnc34)CCO2)cc1F. The molecule has 1 unspecified atom stereocenters. The smallest absolute Gasteiger partial charge is 0.159 e. The van der Waals surface area contributed by atoms with Gasteiger partial charge < -0.3 is 9.64 Å². The molecule has 0 aliphatic carbocycles. The Morgan fingerprint density at radius 2 is 2.00 bits per heavy atom. The van der Waals surface area contributed by atoms with E-state index in [-0.39, 0.29) is 6.10 Å². The zero-order chi connectivity index (χ0) is 17.4. The molecule has 7 heteroatoms. The fraction of sp³-hybridized carbons (Fsp3) is 0.222. The predicted octanol–water partition coefficient (Wildman–Crippen LogP) is 4.25. The zero-order valence-electron chi connectivity index (χ0n) is 13.1. The molecule has 3 heterocycles. The minimum absolute atomic E-state index is 0.331. The van der Waals surface area contributed by atoms with Crippen LogP contribution in [0.15, 0.2) is 47.2 Å². The lowest BCUT2D eigenvalue weighted by atomic mass is 10.1. The normalized spacial score (nSPS) is 17.9. The summed E-state index contributed by atoms with van der Waals surface area (Å²) in [6.45, 7) is 1.71. The van der Waals surface area contributed by atoms with Gasteiger partial charge in [0.15, 0.2) is 11.6 Å². The first-order valence-corrected chi connectivity index (χ1v) is 8.63. The highest BCUT2D eigenvalue weighted by molar-refractivity contribution is 9.10. The maximum absolute atomic E-state index is 13.5. The Labute approximate surface area is 151 Å². The van der Waals surface area contributed by atoms with E-state index in [1.165, 1.54) is 6.07 Å². The van der Waals surface area contributed by atoms with Crippen molar-refractivity contribution in [2.24, 2.45) is 0 Å². The Kier molecular flexibility index (Phi) is 4.35. The van der Waals surface area contributed by atoms with Crippen LogP contribution in [0.1, 0.15) is 11.7 Å². The number of ether oxygens (including phenoxy) is 1. The van der Waals surface area contributed by atoms with Crippen LogP contribution in [-0.4, -0.2) is 29.7 Å². The summed E-state index contributed by atoms with van der Waals surface area (Å²) in [4.78, 5) is 11.0. The maximum atomic E-state index is 13.5. The second kappa shape index (κ2) is 6.65. The van der Waals surface area contributed by atoms with Crippen molar-refractivity contribution >= 4 is 32.7 Å². The van der Waals surface area contributed by atoms with Gasteiger partial charge in [0, 0.05) is 30.0 Å². The van der Waals surface area contributed by atoms with Crippen molar-refractivity contribution in [2.45, 2.75) is 6.10 Å². The largest absolute Gasteiger partial charge is 0.370 e. The summed E-state index contributed by atoms with van der Waals surface area (Å²) in [5.41, 5.74) is 3.17. The molecule has 3 aromatic rings. The topological polar surface area (TPSA) is 38.2 Å². The lowest BCUT2D eigenvalue weighted by Gasteiger charge is -2.35. The van der Waals surface area contributed by atoms with Crippen LogP contribution in [0.5, 0.6) is 0 Å². The number of aromatic nitrogens is 2. The number of fused-ring (bicyclic) bond motifs is 1. The molecule has 0 radical (unpaired) electrons. The third-order valence-electron chi connectivity index (χ3n) is 4.25. The van der Waals surface area contributed by atoms with E-state index in [1.807, 2.05) is 12.1 Å². The number of hydrogen-bond acceptors (Lipinski definition) is 4. The van der Waals surface area contributed by atoms with Gasteiger partial charge in [0.25, 0.3) is 0 Å². The molecule has 1 aliphatic rings. The summed E-state index contributed by atoms with van der Waals surface area (Å²) in [6, 6.07) is 7.72. The first kappa shape index (κ1) is 16.4. The third kappa shape index (κ3) is 3.21. The molecule has 1 saturated heterocycles. The van der Waals surface area contributed by atoms with Gasteiger partial charge in [-0.15, -0.1) is 0 Å². The molecule has 25 heavy (non-hydrogen) atoms. The van der Waals surface area contributed by atoms with Gasteiger partial charge in [0.05, 0.1) is 17.8 Å². The number of benzene rings is 1. The van der Waals surface area contributed by atoms with E-state index < -0.39 is 11.6 Å². The van der Waals surface area contributed by atoms with E-state index >= 15 is 0 Å². The molecular weight excluding hydrogens is 392 g/mol. The molecule has 1 fully saturated rings. The van der Waals surface area contributed by atoms with Crippen molar-refractivity contribution in [1.82, 2.24) is 9.97 Å². The van der Waals surface area contributed by atoms with Crippen molar-refractivity contribution in [3.05, 3.63) is 64.4 Å². The molecule has 0 N–H and O–H groups in total. The molecule has 1 aromatic carbocycles. The lowest BCUT2D eigenvalue weighted by molar-refractivity contribution is 0.0396. The van der Waals surface area contributed by atoms with Gasteiger partial charge in [-0.25, -0.2) is 8.78 Å². The average molecular weight is 406 g/mol. The van der Waals surface area contributed by atoms with Crippen molar-refractivity contribution in [1.29, 1.82) is 0 Å². The van der Waals surface area contributed by atoms with Gasteiger partial charge in [0.2, 0.25) is 0 Å². The quantitative estimate of drug-likeness (QED) is 0.638. The van der Waals surface area contributed by atoms with E-state index in [0.717, 1.165) is 27.3 Å². The van der Waals surface area contributed by atoms with Gasteiger partial charge in [-0.05, 0) is 45.8 Å². The van der Waals surface area contributed by atoms with Gasteiger partial charge >= 0.3 is 0 Å². The number of morpholine rings is 1. The van der Waals surface area contributed by atoms with E-state index in [9.17, 15) is 8.78 Å². The summed E-state index contributed by atoms with van der Waals surface area (Å²) >= 11 is 3.40. The van der Waals surface area contributed by atoms with Crippen LogP contribution in [0.25, 0.3) is 11.0 Å². The number of nitrogens with zero attached hydrogens (tertiary/aromatic N) is 3. The average Bonchev–Trinajstić information content (AvgIpc) is 2.63. The Hall–Kier alpha value is -2.12. The van der Waals surface area contributed by atoms with Gasteiger partial charge in [-0.3, -0.25) is 9.97 Å². The molecule has 4 rings (SSSR count). The van der Waals surface area contributed by atoms with E-state index in [1.54, 1.807) is 18.5 Å². The summed E-state index contributed by atoms with van der Waals surface area (Å²) in [7, 11) is 0. The second-order valence-electron chi connectivity index (χ2n) is 5.83. The van der Waals surface area contributed by atoms with Crippen molar-refractivity contribution < 1.29 is 13.5 Å². The Bertz CT molecular complexity index is 937. The molecule has 1 atom stereocenters. The van der Waals surface area contributed by atoms with E-state index in [4.69, 9.17) is 4.74 Å². The minimum Gasteiger partial charge on any atom is -0.370 e. The standard InChI is InChI=1S/C18H14BrF2N3O/c19-12-8-15-18(23-9-12)16(3-4-22-15)24-5-6-25-17(10-24)11-1-2-13(20)14(21)7-11/h1-4,7-9,17H,5-6,10H2. The second-order valence-corrected chi connectivity index (χ2v) is 6.75. The van der Waals surface area contributed by atoms with Crippen LogP contribution in [0.3, 0.4) is 0 Å². The van der Waals surface area contributed by atoms with Gasteiger partial charge in [0.1, 0.15) is 11.6 Å². The number of pyridine rings is 2. The van der Waals surface area contributed by atoms with Crippen molar-refractivity contribution in [2.75, 3.05) is 24.6 Å². The Balaban J connectivity index is 1.66. The molecule has 0 bridgehead atoms. The first-order valence-electron chi connectivity index (χ1n) is 7.83. The zero-order valence-corrected chi connectivity index (χ0v) is 14.7. The van der Waals surface area contributed by atoms with Gasteiger partial charge in [-0.2, -0.15) is 0 Å². The van der Waals surface area contributed by atoms with Crippen molar-refractivity contribution in [3.63, 3.8) is 0 Å². The Morgan fingerprint density at radius 1 is 1.12 bits per heavy atom. The summed E-state index contributed by atoms with van der Waals surface area (Å²) < 4.78 is 33.3. The van der Waals surface area contributed by atoms with Crippen LogP contribution in [0, 0.1) is 11.6 Å². The molecule has 0 spiro atoms. The highest BCUT2D eigenvalue weighted by Gasteiger charge is 2.24. The molecule has 0 saturated carbocycles. The summed E-state index contributed by atoms with van der Waals surface area (Å²) in [5.74, 6) is -1.72. The number of halogens is 3. The van der Waals surface area contributed by atoms with Gasteiger partial charge in [-0.1, -0.05) is 6.07 Å². The highest BCUT2D eigenvalue weighted by Crippen LogP contribution is 2.30. The molecule has 128 valence electrons. The highest BCUT2D eigenvalue weighted by atomic mass is 79.9. The number of hydrogen-bond donors (Lipinski definition) is 0. The third-order valence-corrected chi connectivity index (χ3v) is 4.68. The molecule has 1 aliphatic heterocycles. The number of anilines is 1. The van der Waals surface area contributed by atoms with Crippen LogP contribution in [-0.2, 0) is 4.74 Å². The fourth-order valence-electron chi connectivity index (χ4n) is 3.03. The molecule has 2 aromatic heterocycles. The molecular formula is C18H14BrF2N3O.